The Labute approximate surface area is 129 Å². The molecular weight excluding hydrogens is 280 g/mol. The highest BCUT2D eigenvalue weighted by molar-refractivity contribution is 7.09. The molecule has 0 amide bonds. The van der Waals surface area contributed by atoms with Crippen molar-refractivity contribution in [1.82, 2.24) is 19.9 Å². The van der Waals surface area contributed by atoms with Gasteiger partial charge in [-0.3, -0.25) is 4.90 Å². The van der Waals surface area contributed by atoms with Gasteiger partial charge in [-0.15, -0.1) is 11.3 Å². The smallest absolute Gasteiger partial charge is 0.125 e. The van der Waals surface area contributed by atoms with Gasteiger partial charge in [0.2, 0.25) is 0 Å². The van der Waals surface area contributed by atoms with Crippen LogP contribution in [0.5, 0.6) is 0 Å². The first kappa shape index (κ1) is 13.3. The Hall–Kier alpha value is -1.33. The predicted octanol–water partition coefficient (Wildman–Crippen LogP) is 2.72. The van der Waals surface area contributed by atoms with Crippen molar-refractivity contribution in [3.8, 4) is 0 Å². The van der Waals surface area contributed by atoms with E-state index in [1.807, 2.05) is 19.3 Å². The van der Waals surface area contributed by atoms with Gasteiger partial charge in [-0.25, -0.2) is 15.0 Å². The maximum atomic E-state index is 4.81. The van der Waals surface area contributed by atoms with Crippen LogP contribution < -0.4 is 0 Å². The van der Waals surface area contributed by atoms with Gasteiger partial charge in [0.05, 0.1) is 12.2 Å². The zero-order chi connectivity index (χ0) is 14.3. The molecule has 0 bridgehead atoms. The van der Waals surface area contributed by atoms with Crippen molar-refractivity contribution in [2.24, 2.45) is 0 Å². The van der Waals surface area contributed by atoms with Crippen molar-refractivity contribution in [2.75, 3.05) is 13.1 Å². The maximum absolute atomic E-state index is 4.81. The van der Waals surface area contributed by atoms with Gasteiger partial charge in [0.15, 0.2) is 0 Å². The number of fused-ring (bicyclic) bond motifs is 2. The van der Waals surface area contributed by atoms with E-state index in [1.165, 1.54) is 42.1 Å². The Kier molecular flexibility index (Phi) is 3.27. The molecule has 1 unspecified atom stereocenters. The first-order chi connectivity index (χ1) is 10.3. The lowest BCUT2D eigenvalue weighted by Crippen LogP contribution is -2.45. The lowest BCUT2D eigenvalue weighted by molar-refractivity contribution is 0.136. The Morgan fingerprint density at radius 2 is 2.29 bits per heavy atom. The van der Waals surface area contributed by atoms with Gasteiger partial charge in [0.25, 0.3) is 0 Å². The van der Waals surface area contributed by atoms with Crippen molar-refractivity contribution in [1.29, 1.82) is 0 Å². The van der Waals surface area contributed by atoms with E-state index in [0.717, 1.165) is 25.3 Å². The Morgan fingerprint density at radius 1 is 1.33 bits per heavy atom. The monoisotopic (exact) mass is 300 g/mol. The maximum Gasteiger partial charge on any atom is 0.125 e. The van der Waals surface area contributed by atoms with Crippen LogP contribution in [0.1, 0.15) is 41.4 Å². The first-order valence-electron chi connectivity index (χ1n) is 7.69. The highest BCUT2D eigenvalue weighted by Crippen LogP contribution is 2.44. The van der Waals surface area contributed by atoms with Gasteiger partial charge in [0, 0.05) is 29.7 Å². The van der Waals surface area contributed by atoms with Crippen LogP contribution >= 0.6 is 11.3 Å². The number of hydrogen-bond donors (Lipinski definition) is 0. The third kappa shape index (κ3) is 2.38. The lowest BCUT2D eigenvalue weighted by atomic mass is 9.77. The molecule has 0 saturated carbocycles. The number of rotatable bonds is 2. The van der Waals surface area contributed by atoms with Gasteiger partial charge < -0.3 is 0 Å². The quantitative estimate of drug-likeness (QED) is 0.855. The zero-order valence-electron chi connectivity index (χ0n) is 12.4. The van der Waals surface area contributed by atoms with Crippen LogP contribution in [-0.4, -0.2) is 32.9 Å². The minimum absolute atomic E-state index is 0.262. The molecule has 1 spiro atoms. The normalized spacial score (nSPS) is 25.4. The van der Waals surface area contributed by atoms with Gasteiger partial charge in [-0.05, 0) is 44.7 Å². The minimum atomic E-state index is 0.262. The number of aromatic nitrogens is 3. The molecule has 3 heterocycles. The Bertz CT molecular complexity index is 636. The summed E-state index contributed by atoms with van der Waals surface area (Å²) in [6, 6.07) is 0. The van der Waals surface area contributed by atoms with Crippen LogP contribution in [0.25, 0.3) is 0 Å². The minimum Gasteiger partial charge on any atom is -0.296 e. The second-order valence-electron chi connectivity index (χ2n) is 6.31. The van der Waals surface area contributed by atoms with Crippen molar-refractivity contribution in [3.63, 3.8) is 0 Å². The van der Waals surface area contributed by atoms with Crippen LogP contribution in [-0.2, 0) is 18.4 Å². The molecule has 0 radical (unpaired) electrons. The standard InChI is InChI=1S/C16H20N4S/c1-12-18-9-13-3-5-16(15(13)19-12)4-2-7-20(11-16)10-14-17-6-8-21-14/h6,8-9H,2-5,7,10-11H2,1H3. The van der Waals surface area contributed by atoms with E-state index in [9.17, 15) is 0 Å². The molecule has 4 rings (SSSR count). The van der Waals surface area contributed by atoms with Crippen molar-refractivity contribution < 1.29 is 0 Å². The summed E-state index contributed by atoms with van der Waals surface area (Å²) in [7, 11) is 0. The van der Waals surface area contributed by atoms with Crippen molar-refractivity contribution >= 4 is 11.3 Å². The SMILES string of the molecule is Cc1ncc2c(n1)C1(CCCN(Cc3nccs3)C1)CC2. The molecule has 0 aromatic carbocycles. The number of hydrogen-bond acceptors (Lipinski definition) is 5. The summed E-state index contributed by atoms with van der Waals surface area (Å²) >= 11 is 1.76. The Morgan fingerprint density at radius 3 is 3.14 bits per heavy atom. The fourth-order valence-corrected chi connectivity index (χ4v) is 4.57. The van der Waals surface area contributed by atoms with E-state index in [-0.39, 0.29) is 5.41 Å². The van der Waals surface area contributed by atoms with E-state index < -0.39 is 0 Å². The molecule has 2 aromatic rings. The van der Waals surface area contributed by atoms with E-state index in [2.05, 4.69) is 20.2 Å². The molecule has 1 aliphatic carbocycles. The largest absolute Gasteiger partial charge is 0.296 e. The highest BCUT2D eigenvalue weighted by Gasteiger charge is 2.43. The summed E-state index contributed by atoms with van der Waals surface area (Å²) in [6.45, 7) is 5.29. The van der Waals surface area contributed by atoms with Gasteiger partial charge in [0.1, 0.15) is 10.8 Å². The van der Waals surface area contributed by atoms with E-state index >= 15 is 0 Å². The number of thiazole rings is 1. The predicted molar refractivity (Wildman–Crippen MR) is 83.4 cm³/mol. The average Bonchev–Trinajstić information content (AvgIpc) is 3.09. The summed E-state index contributed by atoms with van der Waals surface area (Å²) in [5.74, 6) is 0.909. The molecule has 4 nitrogen and oxygen atoms in total. The van der Waals surface area contributed by atoms with Crippen LogP contribution in [0.15, 0.2) is 17.8 Å². The summed E-state index contributed by atoms with van der Waals surface area (Å²) in [6.07, 6.45) is 8.85. The van der Waals surface area contributed by atoms with Crippen molar-refractivity contribution in [3.05, 3.63) is 39.9 Å². The van der Waals surface area contributed by atoms with Crippen LogP contribution in [0.2, 0.25) is 0 Å². The summed E-state index contributed by atoms with van der Waals surface area (Å²) in [4.78, 5) is 16.2. The third-order valence-electron chi connectivity index (χ3n) is 4.86. The van der Waals surface area contributed by atoms with Crippen LogP contribution in [0.3, 0.4) is 0 Å². The molecule has 2 aliphatic rings. The molecule has 5 heteroatoms. The summed E-state index contributed by atoms with van der Waals surface area (Å²) in [5.41, 5.74) is 2.97. The Balaban J connectivity index is 1.60. The average molecular weight is 300 g/mol. The third-order valence-corrected chi connectivity index (χ3v) is 5.62. The zero-order valence-corrected chi connectivity index (χ0v) is 13.2. The molecule has 1 aliphatic heterocycles. The fraction of sp³-hybridized carbons (Fsp3) is 0.562. The van der Waals surface area contributed by atoms with E-state index in [4.69, 9.17) is 4.98 Å². The molecule has 1 atom stereocenters. The van der Waals surface area contributed by atoms with Gasteiger partial charge >= 0.3 is 0 Å². The van der Waals surface area contributed by atoms with Gasteiger partial charge in [-0.1, -0.05) is 0 Å². The summed E-state index contributed by atoms with van der Waals surface area (Å²) < 4.78 is 0. The number of nitrogens with zero attached hydrogens (tertiary/aromatic N) is 4. The molecule has 21 heavy (non-hydrogen) atoms. The second-order valence-corrected chi connectivity index (χ2v) is 7.29. The molecule has 0 N–H and O–H groups in total. The first-order valence-corrected chi connectivity index (χ1v) is 8.57. The second kappa shape index (κ2) is 5.14. The van der Waals surface area contributed by atoms with Crippen molar-refractivity contribution in [2.45, 2.75) is 44.6 Å². The lowest BCUT2D eigenvalue weighted by Gasteiger charge is -2.40. The number of aryl methyl sites for hydroxylation is 2. The summed E-state index contributed by atoms with van der Waals surface area (Å²) in [5, 5.41) is 3.29. The fourth-order valence-electron chi connectivity index (χ4n) is 3.91. The number of piperidine rings is 1. The molecule has 110 valence electrons. The van der Waals surface area contributed by atoms with Crippen LogP contribution in [0, 0.1) is 6.92 Å². The van der Waals surface area contributed by atoms with Crippen LogP contribution in [0.4, 0.5) is 0 Å². The topological polar surface area (TPSA) is 41.9 Å². The highest BCUT2D eigenvalue weighted by atomic mass is 32.1. The molecular formula is C16H20N4S. The van der Waals surface area contributed by atoms with Gasteiger partial charge in [-0.2, -0.15) is 0 Å². The van der Waals surface area contributed by atoms with E-state index in [0.29, 0.717) is 0 Å². The molecule has 1 fully saturated rings. The number of likely N-dealkylation sites (tertiary alicyclic amines) is 1. The molecule has 2 aromatic heterocycles. The van der Waals surface area contributed by atoms with E-state index in [1.54, 1.807) is 11.3 Å². The molecule has 1 saturated heterocycles.